The van der Waals surface area contributed by atoms with Crippen LogP contribution in [0.2, 0.25) is 0 Å². The average molecular weight is 193 g/mol. The van der Waals surface area contributed by atoms with Crippen molar-refractivity contribution in [2.45, 2.75) is 51.5 Å². The second-order valence-corrected chi connectivity index (χ2v) is 4.50. The van der Waals surface area contributed by atoms with Crippen molar-refractivity contribution in [3.63, 3.8) is 0 Å². The average Bonchev–Trinajstić information content (AvgIpc) is 2.23. The van der Waals surface area contributed by atoms with Crippen LogP contribution in [0.4, 0.5) is 0 Å². The van der Waals surface area contributed by atoms with Gasteiger partial charge in [0, 0.05) is 0 Å². The summed E-state index contributed by atoms with van der Waals surface area (Å²) in [5.74, 6) is 4.56. The number of terminal acetylenes is 1. The molecule has 0 aromatic carbocycles. The van der Waals surface area contributed by atoms with E-state index in [0.29, 0.717) is 6.04 Å². The topological polar surface area (TPSA) is 12.0 Å². The Morgan fingerprint density at radius 3 is 2.43 bits per heavy atom. The van der Waals surface area contributed by atoms with E-state index in [1.54, 1.807) is 0 Å². The fraction of sp³-hybridized carbons (Fsp3) is 0.846. The number of hydrogen-bond acceptors (Lipinski definition) is 1. The van der Waals surface area contributed by atoms with Crippen LogP contribution in [0, 0.1) is 24.2 Å². The summed E-state index contributed by atoms with van der Waals surface area (Å²) in [6.45, 7) is 2.28. The molecule has 0 radical (unpaired) electrons. The van der Waals surface area contributed by atoms with E-state index in [2.05, 4.69) is 18.2 Å². The van der Waals surface area contributed by atoms with Gasteiger partial charge in [-0.2, -0.15) is 0 Å². The molecular formula is C13H23N. The molecule has 1 N–H and O–H groups in total. The highest BCUT2D eigenvalue weighted by molar-refractivity contribution is 5.02. The van der Waals surface area contributed by atoms with E-state index >= 15 is 0 Å². The van der Waals surface area contributed by atoms with E-state index in [9.17, 15) is 0 Å². The molecule has 0 amide bonds. The third kappa shape index (κ3) is 3.03. The summed E-state index contributed by atoms with van der Waals surface area (Å²) in [4.78, 5) is 0. The number of rotatable bonds is 4. The van der Waals surface area contributed by atoms with Crippen molar-refractivity contribution < 1.29 is 0 Å². The zero-order chi connectivity index (χ0) is 10.4. The molecule has 1 fully saturated rings. The van der Waals surface area contributed by atoms with Crippen LogP contribution in [-0.4, -0.2) is 13.1 Å². The molecule has 1 atom stereocenters. The summed E-state index contributed by atoms with van der Waals surface area (Å²) in [7, 11) is 1.97. The van der Waals surface area contributed by atoms with Crippen molar-refractivity contribution in [2.24, 2.45) is 11.8 Å². The Labute approximate surface area is 88.7 Å². The van der Waals surface area contributed by atoms with Gasteiger partial charge in [-0.15, -0.1) is 6.42 Å². The molecule has 0 spiro atoms. The number of nitrogens with one attached hydrogen (secondary N) is 1. The molecule has 0 aromatic heterocycles. The fourth-order valence-corrected chi connectivity index (χ4v) is 2.67. The number of hydrogen-bond donors (Lipinski definition) is 1. The Hall–Kier alpha value is -0.480. The van der Waals surface area contributed by atoms with E-state index < -0.39 is 0 Å². The third-order valence-electron chi connectivity index (χ3n) is 3.55. The first-order chi connectivity index (χ1) is 6.81. The minimum atomic E-state index is 0.303. The standard InChI is InChI=1S/C13H23N/c1-4-6-11-7-9-12(10-8-11)13(5-2)14-3/h2,11-14H,4,6-10H2,1,3H3. The molecule has 0 aliphatic heterocycles. The molecule has 1 saturated carbocycles. The van der Waals surface area contributed by atoms with Gasteiger partial charge in [0.05, 0.1) is 6.04 Å². The monoisotopic (exact) mass is 193 g/mol. The summed E-state index contributed by atoms with van der Waals surface area (Å²) >= 11 is 0. The van der Waals surface area contributed by atoms with Crippen molar-refractivity contribution in [1.82, 2.24) is 5.32 Å². The molecular weight excluding hydrogens is 170 g/mol. The lowest BCUT2D eigenvalue weighted by molar-refractivity contribution is 0.240. The van der Waals surface area contributed by atoms with Gasteiger partial charge in [0.2, 0.25) is 0 Å². The first-order valence-electron chi connectivity index (χ1n) is 5.95. The van der Waals surface area contributed by atoms with Gasteiger partial charge in [0.1, 0.15) is 0 Å². The molecule has 14 heavy (non-hydrogen) atoms. The molecule has 0 heterocycles. The van der Waals surface area contributed by atoms with Crippen LogP contribution in [0.5, 0.6) is 0 Å². The first-order valence-corrected chi connectivity index (χ1v) is 5.95. The summed E-state index contributed by atoms with van der Waals surface area (Å²) in [6.07, 6.45) is 13.7. The van der Waals surface area contributed by atoms with E-state index in [0.717, 1.165) is 11.8 Å². The van der Waals surface area contributed by atoms with Gasteiger partial charge in [0.15, 0.2) is 0 Å². The molecule has 1 aliphatic rings. The maximum Gasteiger partial charge on any atom is 0.0713 e. The van der Waals surface area contributed by atoms with E-state index in [1.807, 2.05) is 7.05 Å². The minimum Gasteiger partial charge on any atom is -0.307 e. The molecule has 0 aromatic rings. The fourth-order valence-electron chi connectivity index (χ4n) is 2.67. The van der Waals surface area contributed by atoms with Gasteiger partial charge in [-0.1, -0.05) is 38.5 Å². The Morgan fingerprint density at radius 1 is 1.36 bits per heavy atom. The Balaban J connectivity index is 2.31. The molecule has 1 heteroatoms. The highest BCUT2D eigenvalue weighted by atomic mass is 14.9. The zero-order valence-electron chi connectivity index (χ0n) is 9.55. The van der Waals surface area contributed by atoms with Crippen LogP contribution in [0.1, 0.15) is 45.4 Å². The van der Waals surface area contributed by atoms with E-state index in [4.69, 9.17) is 6.42 Å². The Morgan fingerprint density at radius 2 is 2.00 bits per heavy atom. The maximum atomic E-state index is 5.49. The highest BCUT2D eigenvalue weighted by Crippen LogP contribution is 2.32. The van der Waals surface area contributed by atoms with Crippen LogP contribution < -0.4 is 5.32 Å². The Kier molecular flexibility index (Phi) is 5.04. The predicted octanol–water partition coefficient (Wildman–Crippen LogP) is 2.81. The maximum absolute atomic E-state index is 5.49. The van der Waals surface area contributed by atoms with Crippen LogP contribution >= 0.6 is 0 Å². The van der Waals surface area contributed by atoms with E-state index in [1.165, 1.54) is 38.5 Å². The smallest absolute Gasteiger partial charge is 0.0713 e. The van der Waals surface area contributed by atoms with E-state index in [-0.39, 0.29) is 0 Å². The highest BCUT2D eigenvalue weighted by Gasteiger charge is 2.24. The summed E-state index contributed by atoms with van der Waals surface area (Å²) in [5, 5.41) is 3.23. The molecule has 1 rings (SSSR count). The van der Waals surface area contributed by atoms with Gasteiger partial charge in [-0.05, 0) is 31.7 Å². The lowest BCUT2D eigenvalue weighted by atomic mass is 9.77. The van der Waals surface area contributed by atoms with Crippen molar-refractivity contribution in [3.05, 3.63) is 0 Å². The first kappa shape index (κ1) is 11.6. The summed E-state index contributed by atoms with van der Waals surface area (Å²) in [6, 6.07) is 0.303. The molecule has 1 nitrogen and oxygen atoms in total. The second kappa shape index (κ2) is 6.09. The normalized spacial score (nSPS) is 29.5. The van der Waals surface area contributed by atoms with Crippen molar-refractivity contribution in [2.75, 3.05) is 7.05 Å². The van der Waals surface area contributed by atoms with Gasteiger partial charge in [0.25, 0.3) is 0 Å². The van der Waals surface area contributed by atoms with Crippen LogP contribution in [0.3, 0.4) is 0 Å². The van der Waals surface area contributed by atoms with Gasteiger partial charge < -0.3 is 5.32 Å². The SMILES string of the molecule is C#CC(NC)C1CCC(CCC)CC1. The minimum absolute atomic E-state index is 0.303. The second-order valence-electron chi connectivity index (χ2n) is 4.50. The van der Waals surface area contributed by atoms with Crippen molar-refractivity contribution in [3.8, 4) is 12.3 Å². The third-order valence-corrected chi connectivity index (χ3v) is 3.55. The van der Waals surface area contributed by atoms with Gasteiger partial charge in [-0.25, -0.2) is 0 Å². The predicted molar refractivity (Wildman–Crippen MR) is 62.0 cm³/mol. The zero-order valence-corrected chi connectivity index (χ0v) is 9.55. The summed E-state index contributed by atoms with van der Waals surface area (Å²) < 4.78 is 0. The molecule has 0 bridgehead atoms. The molecule has 80 valence electrons. The Bertz CT molecular complexity index is 184. The van der Waals surface area contributed by atoms with Gasteiger partial charge >= 0.3 is 0 Å². The van der Waals surface area contributed by atoms with Crippen molar-refractivity contribution >= 4 is 0 Å². The quantitative estimate of drug-likeness (QED) is 0.677. The molecule has 1 unspecified atom stereocenters. The lowest BCUT2D eigenvalue weighted by Gasteiger charge is -2.31. The van der Waals surface area contributed by atoms with Crippen LogP contribution in [0.25, 0.3) is 0 Å². The largest absolute Gasteiger partial charge is 0.307 e. The lowest BCUT2D eigenvalue weighted by Crippen LogP contribution is -2.34. The summed E-state index contributed by atoms with van der Waals surface area (Å²) in [5.41, 5.74) is 0. The van der Waals surface area contributed by atoms with Crippen molar-refractivity contribution in [1.29, 1.82) is 0 Å². The molecule has 0 saturated heterocycles. The van der Waals surface area contributed by atoms with Gasteiger partial charge in [-0.3, -0.25) is 0 Å². The van der Waals surface area contributed by atoms with Crippen LogP contribution in [-0.2, 0) is 0 Å². The van der Waals surface area contributed by atoms with Crippen LogP contribution in [0.15, 0.2) is 0 Å². The molecule has 1 aliphatic carbocycles.